The van der Waals surface area contributed by atoms with E-state index >= 15 is 0 Å². The maximum atomic E-state index is 11.6. The molecule has 2 fully saturated rings. The van der Waals surface area contributed by atoms with Crippen LogP contribution in [0.15, 0.2) is 0 Å². The van der Waals surface area contributed by atoms with E-state index in [2.05, 4.69) is 29.2 Å². The fraction of sp³-hybridized carbons (Fsp3) is 0.923. The molecule has 5 heteroatoms. The molecule has 1 aliphatic heterocycles. The van der Waals surface area contributed by atoms with E-state index in [0.717, 1.165) is 32.4 Å². The Morgan fingerprint density at radius 2 is 2.11 bits per heavy atom. The van der Waals surface area contributed by atoms with Crippen molar-refractivity contribution in [2.45, 2.75) is 30.8 Å². The van der Waals surface area contributed by atoms with E-state index < -0.39 is 11.5 Å². The lowest BCUT2D eigenvalue weighted by molar-refractivity contribution is -0.146. The van der Waals surface area contributed by atoms with Gasteiger partial charge in [-0.15, -0.1) is 0 Å². The molecule has 1 aliphatic carbocycles. The molecular weight excluding hydrogens is 230 g/mol. The van der Waals surface area contributed by atoms with Gasteiger partial charge in [0, 0.05) is 19.1 Å². The number of carboxylic acid groups (broad SMARTS) is 1. The molecule has 0 aromatic heterocycles. The molecule has 0 radical (unpaired) electrons. The maximum absolute atomic E-state index is 11.6. The molecule has 0 aromatic rings. The highest BCUT2D eigenvalue weighted by atomic mass is 16.4. The van der Waals surface area contributed by atoms with Crippen molar-refractivity contribution in [3.63, 3.8) is 0 Å². The quantitative estimate of drug-likeness (QED) is 0.704. The number of nitrogens with one attached hydrogen (secondary N) is 1. The first-order valence-electron chi connectivity index (χ1n) is 6.80. The molecule has 2 aliphatic rings. The standard InChI is InChI=1S/C13H25N3O2/c1-14-13(12(17)18,10-4-5-10)9-16-7-6-11(8-16)15(2)3/h10-11,14H,4-9H2,1-3H3,(H,17,18). The van der Waals surface area contributed by atoms with Crippen LogP contribution in [0.5, 0.6) is 0 Å². The van der Waals surface area contributed by atoms with Crippen molar-refractivity contribution in [3.8, 4) is 0 Å². The molecular formula is C13H25N3O2. The Labute approximate surface area is 109 Å². The van der Waals surface area contributed by atoms with Crippen LogP contribution in [-0.2, 0) is 4.79 Å². The van der Waals surface area contributed by atoms with E-state index in [-0.39, 0.29) is 0 Å². The van der Waals surface area contributed by atoms with Crippen molar-refractivity contribution in [2.75, 3.05) is 40.8 Å². The van der Waals surface area contributed by atoms with Gasteiger partial charge >= 0.3 is 5.97 Å². The fourth-order valence-electron chi connectivity index (χ4n) is 3.07. The van der Waals surface area contributed by atoms with Crippen LogP contribution in [0.1, 0.15) is 19.3 Å². The number of hydrogen-bond donors (Lipinski definition) is 2. The molecule has 2 unspecified atom stereocenters. The Balaban J connectivity index is 2.00. The first-order valence-corrected chi connectivity index (χ1v) is 6.80. The monoisotopic (exact) mass is 255 g/mol. The second-order valence-electron chi connectivity index (χ2n) is 5.94. The Morgan fingerprint density at radius 3 is 2.50 bits per heavy atom. The number of likely N-dealkylation sites (N-methyl/N-ethyl adjacent to an activating group) is 2. The lowest BCUT2D eigenvalue weighted by Gasteiger charge is -2.33. The van der Waals surface area contributed by atoms with Crippen LogP contribution in [-0.4, -0.2) is 73.2 Å². The predicted octanol–water partition coefficient (Wildman–Crippen LogP) is 0.0751. The fourth-order valence-corrected chi connectivity index (χ4v) is 3.07. The molecule has 2 rings (SSSR count). The smallest absolute Gasteiger partial charge is 0.325 e. The van der Waals surface area contributed by atoms with Crippen LogP contribution < -0.4 is 5.32 Å². The average molecular weight is 255 g/mol. The van der Waals surface area contributed by atoms with Crippen molar-refractivity contribution in [1.29, 1.82) is 0 Å². The molecule has 1 heterocycles. The van der Waals surface area contributed by atoms with Crippen LogP contribution in [0.25, 0.3) is 0 Å². The topological polar surface area (TPSA) is 55.8 Å². The van der Waals surface area contributed by atoms with Crippen LogP contribution in [0.2, 0.25) is 0 Å². The highest BCUT2D eigenvalue weighted by Crippen LogP contribution is 2.40. The zero-order valence-corrected chi connectivity index (χ0v) is 11.6. The third-order valence-corrected chi connectivity index (χ3v) is 4.55. The normalized spacial score (nSPS) is 28.6. The average Bonchev–Trinajstić information content (AvgIpc) is 3.05. The van der Waals surface area contributed by atoms with Gasteiger partial charge in [-0.1, -0.05) is 0 Å². The van der Waals surface area contributed by atoms with E-state index in [9.17, 15) is 9.90 Å². The molecule has 2 atom stereocenters. The largest absolute Gasteiger partial charge is 0.480 e. The van der Waals surface area contributed by atoms with Gasteiger partial charge in [-0.3, -0.25) is 9.69 Å². The summed E-state index contributed by atoms with van der Waals surface area (Å²) in [5.74, 6) is -0.390. The number of likely N-dealkylation sites (tertiary alicyclic amines) is 1. The van der Waals surface area contributed by atoms with Crippen molar-refractivity contribution < 1.29 is 9.90 Å². The molecule has 1 saturated carbocycles. The van der Waals surface area contributed by atoms with Gasteiger partial charge in [-0.2, -0.15) is 0 Å². The van der Waals surface area contributed by atoms with Crippen molar-refractivity contribution in [3.05, 3.63) is 0 Å². The number of aliphatic carboxylic acids is 1. The van der Waals surface area contributed by atoms with E-state index in [0.29, 0.717) is 18.5 Å². The maximum Gasteiger partial charge on any atom is 0.325 e. The molecule has 0 bridgehead atoms. The second-order valence-corrected chi connectivity index (χ2v) is 5.94. The zero-order chi connectivity index (χ0) is 13.3. The first kappa shape index (κ1) is 13.8. The minimum absolute atomic E-state index is 0.304. The minimum Gasteiger partial charge on any atom is -0.480 e. The number of carboxylic acids is 1. The number of nitrogens with zero attached hydrogens (tertiary/aromatic N) is 2. The lowest BCUT2D eigenvalue weighted by atomic mass is 9.92. The van der Waals surface area contributed by atoms with E-state index in [1.54, 1.807) is 7.05 Å². The molecule has 1 saturated heterocycles. The summed E-state index contributed by atoms with van der Waals surface area (Å²) in [6, 6.07) is 0.563. The molecule has 0 spiro atoms. The van der Waals surface area contributed by atoms with Gasteiger partial charge in [-0.05, 0) is 52.9 Å². The lowest BCUT2D eigenvalue weighted by Crippen LogP contribution is -2.59. The van der Waals surface area contributed by atoms with Crippen molar-refractivity contribution in [2.24, 2.45) is 5.92 Å². The Bertz CT molecular complexity index is 317. The summed E-state index contributed by atoms with van der Waals surface area (Å²) < 4.78 is 0. The molecule has 18 heavy (non-hydrogen) atoms. The summed E-state index contributed by atoms with van der Waals surface area (Å²) in [4.78, 5) is 16.2. The zero-order valence-electron chi connectivity index (χ0n) is 11.6. The SMILES string of the molecule is CNC(CN1CCC(N(C)C)C1)(C(=O)O)C1CC1. The Kier molecular flexibility index (Phi) is 3.94. The van der Waals surface area contributed by atoms with Gasteiger partial charge in [0.2, 0.25) is 0 Å². The van der Waals surface area contributed by atoms with Gasteiger partial charge in [-0.25, -0.2) is 0 Å². The van der Waals surface area contributed by atoms with Gasteiger partial charge in [0.25, 0.3) is 0 Å². The highest BCUT2D eigenvalue weighted by Gasteiger charge is 2.51. The van der Waals surface area contributed by atoms with Crippen molar-refractivity contribution in [1.82, 2.24) is 15.1 Å². The summed E-state index contributed by atoms with van der Waals surface area (Å²) in [5, 5.41) is 12.7. The second kappa shape index (κ2) is 5.15. The molecule has 5 nitrogen and oxygen atoms in total. The number of carbonyl (C=O) groups is 1. The molecule has 0 amide bonds. The Morgan fingerprint density at radius 1 is 1.44 bits per heavy atom. The van der Waals surface area contributed by atoms with Crippen molar-refractivity contribution >= 4 is 5.97 Å². The summed E-state index contributed by atoms with van der Waals surface area (Å²) in [6.45, 7) is 2.62. The van der Waals surface area contributed by atoms with E-state index in [4.69, 9.17) is 0 Å². The minimum atomic E-state index is -0.735. The van der Waals surface area contributed by atoms with Crippen LogP contribution in [0.4, 0.5) is 0 Å². The molecule has 104 valence electrons. The predicted molar refractivity (Wildman–Crippen MR) is 70.7 cm³/mol. The molecule has 0 aromatic carbocycles. The van der Waals surface area contributed by atoms with Gasteiger partial charge in [0.1, 0.15) is 5.54 Å². The van der Waals surface area contributed by atoms with Crippen LogP contribution >= 0.6 is 0 Å². The van der Waals surface area contributed by atoms with Crippen LogP contribution in [0.3, 0.4) is 0 Å². The van der Waals surface area contributed by atoms with E-state index in [1.165, 1.54) is 0 Å². The summed E-state index contributed by atoms with van der Waals surface area (Å²) in [6.07, 6.45) is 3.22. The number of rotatable bonds is 6. The van der Waals surface area contributed by atoms with Gasteiger partial charge < -0.3 is 15.3 Å². The highest BCUT2D eigenvalue weighted by molar-refractivity contribution is 5.80. The van der Waals surface area contributed by atoms with E-state index in [1.807, 2.05) is 0 Å². The number of hydrogen-bond acceptors (Lipinski definition) is 4. The summed E-state index contributed by atoms with van der Waals surface area (Å²) in [7, 11) is 5.97. The third-order valence-electron chi connectivity index (χ3n) is 4.55. The summed E-state index contributed by atoms with van der Waals surface area (Å²) in [5.41, 5.74) is -0.735. The first-order chi connectivity index (χ1) is 8.49. The molecule has 2 N–H and O–H groups in total. The van der Waals surface area contributed by atoms with Gasteiger partial charge in [0.05, 0.1) is 0 Å². The van der Waals surface area contributed by atoms with Gasteiger partial charge in [0.15, 0.2) is 0 Å². The third kappa shape index (κ3) is 2.53. The summed E-state index contributed by atoms with van der Waals surface area (Å²) >= 11 is 0. The Hall–Kier alpha value is -0.650. The van der Waals surface area contributed by atoms with Crippen LogP contribution in [0, 0.1) is 5.92 Å².